The molecule has 3 saturated heterocycles. The van der Waals surface area contributed by atoms with Crippen molar-refractivity contribution in [1.82, 2.24) is 15.1 Å². The van der Waals surface area contributed by atoms with Crippen LogP contribution in [0.5, 0.6) is 0 Å². The van der Waals surface area contributed by atoms with E-state index in [1.165, 1.54) is 0 Å². The summed E-state index contributed by atoms with van der Waals surface area (Å²) in [5.74, 6) is 0.514. The Morgan fingerprint density at radius 1 is 0.786 bits per heavy atom. The predicted octanol–water partition coefficient (Wildman–Crippen LogP) is 1.56. The van der Waals surface area contributed by atoms with Crippen LogP contribution in [0.3, 0.4) is 0 Å². The number of hydrogen-bond donors (Lipinski definition) is 1. The maximum absolute atomic E-state index is 13.1. The van der Waals surface area contributed by atoms with Gasteiger partial charge in [0.1, 0.15) is 0 Å². The molecule has 0 aromatic heterocycles. The molecule has 7 nitrogen and oxygen atoms in total. The highest BCUT2D eigenvalue weighted by atomic mass is 16.5. The zero-order valence-electron chi connectivity index (χ0n) is 17.0. The van der Waals surface area contributed by atoms with Crippen molar-refractivity contribution in [2.45, 2.75) is 57.8 Å². The number of carbonyl (C=O) groups is 3. The minimum Gasteiger partial charge on any atom is -0.381 e. The van der Waals surface area contributed by atoms with Crippen molar-refractivity contribution < 1.29 is 19.1 Å². The van der Waals surface area contributed by atoms with Crippen LogP contribution in [0.25, 0.3) is 0 Å². The van der Waals surface area contributed by atoms with Gasteiger partial charge in [0.05, 0.1) is 0 Å². The first-order chi connectivity index (χ1) is 13.6. The second-order valence-electron chi connectivity index (χ2n) is 8.33. The van der Waals surface area contributed by atoms with Gasteiger partial charge in [-0.2, -0.15) is 0 Å². The summed E-state index contributed by atoms with van der Waals surface area (Å²) < 4.78 is 5.35. The molecule has 0 radical (unpaired) electrons. The van der Waals surface area contributed by atoms with E-state index in [0.29, 0.717) is 39.3 Å². The molecule has 3 heterocycles. The number of nitrogens with one attached hydrogen (secondary N) is 1. The van der Waals surface area contributed by atoms with Crippen LogP contribution in [0.15, 0.2) is 0 Å². The second-order valence-corrected chi connectivity index (χ2v) is 8.33. The highest BCUT2D eigenvalue weighted by Gasteiger charge is 2.33. The number of amides is 3. The molecule has 0 atom stereocenters. The van der Waals surface area contributed by atoms with Crippen molar-refractivity contribution >= 4 is 17.7 Å². The summed E-state index contributed by atoms with van der Waals surface area (Å²) >= 11 is 0. The molecule has 0 aromatic rings. The number of carbonyl (C=O) groups excluding carboxylic acids is 3. The summed E-state index contributed by atoms with van der Waals surface area (Å²) in [5.41, 5.74) is 0. The fourth-order valence-corrected chi connectivity index (χ4v) is 4.47. The van der Waals surface area contributed by atoms with Gasteiger partial charge < -0.3 is 19.9 Å². The minimum absolute atomic E-state index is 0.0214. The van der Waals surface area contributed by atoms with Crippen molar-refractivity contribution in [2.75, 3.05) is 45.9 Å². The summed E-state index contributed by atoms with van der Waals surface area (Å²) in [6.07, 6.45) is 7.67. The molecule has 3 rings (SSSR count). The largest absolute Gasteiger partial charge is 0.381 e. The molecule has 158 valence electrons. The first-order valence-electron chi connectivity index (χ1n) is 11.1. The molecule has 1 N–H and O–H groups in total. The van der Waals surface area contributed by atoms with E-state index in [2.05, 4.69) is 5.32 Å². The Kier molecular flexibility index (Phi) is 8.13. The Hall–Kier alpha value is -1.63. The van der Waals surface area contributed by atoms with Gasteiger partial charge in [-0.25, -0.2) is 0 Å². The third-order valence-corrected chi connectivity index (χ3v) is 6.32. The molecule has 3 aliphatic rings. The van der Waals surface area contributed by atoms with E-state index in [1.807, 2.05) is 9.80 Å². The normalized spacial score (nSPS) is 24.4. The Bertz CT molecular complexity index is 540. The van der Waals surface area contributed by atoms with Crippen LogP contribution in [-0.4, -0.2) is 73.5 Å². The Morgan fingerprint density at radius 3 is 2.11 bits per heavy atom. The molecule has 0 unspecified atom stereocenters. The molecule has 0 saturated carbocycles. The molecule has 3 amide bonds. The SMILES string of the molecule is O=C1CCN(C(=O)C2CCN(C(=O)C3CCOCC3)CC2)CCCCCCN1. The summed E-state index contributed by atoms with van der Waals surface area (Å²) in [6, 6.07) is 0. The molecule has 0 bridgehead atoms. The molecule has 0 spiro atoms. The lowest BCUT2D eigenvalue weighted by atomic mass is 9.92. The highest BCUT2D eigenvalue weighted by Crippen LogP contribution is 2.24. The van der Waals surface area contributed by atoms with Gasteiger partial charge >= 0.3 is 0 Å². The second kappa shape index (κ2) is 10.8. The van der Waals surface area contributed by atoms with E-state index < -0.39 is 0 Å². The fraction of sp³-hybridized carbons (Fsp3) is 0.857. The molecule has 28 heavy (non-hydrogen) atoms. The van der Waals surface area contributed by atoms with Crippen LogP contribution in [0.2, 0.25) is 0 Å². The number of ether oxygens (including phenoxy) is 1. The molecule has 3 aliphatic heterocycles. The molecule has 7 heteroatoms. The summed E-state index contributed by atoms with van der Waals surface area (Å²) in [4.78, 5) is 41.5. The third-order valence-electron chi connectivity index (χ3n) is 6.32. The average molecular weight is 394 g/mol. The monoisotopic (exact) mass is 393 g/mol. The number of nitrogens with zero attached hydrogens (tertiary/aromatic N) is 2. The van der Waals surface area contributed by atoms with E-state index in [-0.39, 0.29) is 29.6 Å². The van der Waals surface area contributed by atoms with Crippen LogP contribution >= 0.6 is 0 Å². The number of likely N-dealkylation sites (tertiary alicyclic amines) is 1. The maximum Gasteiger partial charge on any atom is 0.225 e. The van der Waals surface area contributed by atoms with E-state index >= 15 is 0 Å². The van der Waals surface area contributed by atoms with Crippen molar-refractivity contribution in [2.24, 2.45) is 11.8 Å². The van der Waals surface area contributed by atoms with Crippen molar-refractivity contribution in [1.29, 1.82) is 0 Å². The van der Waals surface area contributed by atoms with Crippen molar-refractivity contribution in [3.63, 3.8) is 0 Å². The first-order valence-corrected chi connectivity index (χ1v) is 11.1. The Morgan fingerprint density at radius 2 is 1.39 bits per heavy atom. The lowest BCUT2D eigenvalue weighted by Gasteiger charge is -2.36. The summed E-state index contributed by atoms with van der Waals surface area (Å²) in [5, 5.41) is 2.94. The Balaban J connectivity index is 1.49. The van der Waals surface area contributed by atoms with Gasteiger partial charge in [0, 0.05) is 64.2 Å². The van der Waals surface area contributed by atoms with E-state index in [0.717, 1.165) is 64.5 Å². The molecular weight excluding hydrogens is 358 g/mol. The summed E-state index contributed by atoms with van der Waals surface area (Å²) in [6.45, 7) is 4.68. The van der Waals surface area contributed by atoms with E-state index in [4.69, 9.17) is 4.74 Å². The van der Waals surface area contributed by atoms with Gasteiger partial charge in [0.2, 0.25) is 17.7 Å². The van der Waals surface area contributed by atoms with Gasteiger partial charge in [0.15, 0.2) is 0 Å². The van der Waals surface area contributed by atoms with Crippen LogP contribution in [0.1, 0.15) is 57.8 Å². The van der Waals surface area contributed by atoms with Crippen molar-refractivity contribution in [3.05, 3.63) is 0 Å². The fourth-order valence-electron chi connectivity index (χ4n) is 4.47. The van der Waals surface area contributed by atoms with Crippen LogP contribution < -0.4 is 5.32 Å². The van der Waals surface area contributed by atoms with Gasteiger partial charge in [-0.1, -0.05) is 12.8 Å². The maximum atomic E-state index is 13.1. The van der Waals surface area contributed by atoms with E-state index in [9.17, 15) is 14.4 Å². The van der Waals surface area contributed by atoms with E-state index in [1.54, 1.807) is 0 Å². The Labute approximate surface area is 168 Å². The molecule has 3 fully saturated rings. The zero-order chi connectivity index (χ0) is 19.8. The zero-order valence-corrected chi connectivity index (χ0v) is 17.0. The molecule has 0 aromatic carbocycles. The van der Waals surface area contributed by atoms with Crippen molar-refractivity contribution in [3.8, 4) is 0 Å². The predicted molar refractivity (Wildman–Crippen MR) is 106 cm³/mol. The van der Waals surface area contributed by atoms with Crippen LogP contribution in [0.4, 0.5) is 0 Å². The topological polar surface area (TPSA) is 79.0 Å². The van der Waals surface area contributed by atoms with Crippen LogP contribution in [-0.2, 0) is 19.1 Å². The molecular formula is C21H35N3O4. The van der Waals surface area contributed by atoms with Gasteiger partial charge in [-0.05, 0) is 38.5 Å². The quantitative estimate of drug-likeness (QED) is 0.772. The lowest BCUT2D eigenvalue weighted by molar-refractivity contribution is -0.144. The average Bonchev–Trinajstić information content (AvgIpc) is 2.79. The smallest absolute Gasteiger partial charge is 0.225 e. The molecule has 0 aliphatic carbocycles. The van der Waals surface area contributed by atoms with Gasteiger partial charge in [-0.3, -0.25) is 14.4 Å². The first kappa shape index (κ1) is 21.1. The number of hydrogen-bond acceptors (Lipinski definition) is 4. The standard InChI is InChI=1S/C21H35N3O4/c25-19-7-14-23(11-4-2-1-3-10-22-19)20(26)17-5-12-24(13-6-17)21(27)18-8-15-28-16-9-18/h17-18H,1-16H2,(H,22,25). The number of rotatable bonds is 2. The number of piperidine rings is 1. The van der Waals surface area contributed by atoms with Gasteiger partial charge in [-0.15, -0.1) is 0 Å². The highest BCUT2D eigenvalue weighted by molar-refractivity contribution is 5.82. The minimum atomic E-state index is -0.0214. The van der Waals surface area contributed by atoms with Crippen LogP contribution in [0, 0.1) is 11.8 Å². The lowest BCUT2D eigenvalue weighted by Crippen LogP contribution is -2.47. The third kappa shape index (κ3) is 5.93. The summed E-state index contributed by atoms with van der Waals surface area (Å²) in [7, 11) is 0. The van der Waals surface area contributed by atoms with Gasteiger partial charge in [0.25, 0.3) is 0 Å².